The van der Waals surface area contributed by atoms with E-state index in [0.717, 1.165) is 17.0 Å². The number of thioether (sulfide) groups is 1. The van der Waals surface area contributed by atoms with Gasteiger partial charge in [0.15, 0.2) is 11.5 Å². The number of alkyl halides is 3. The molecule has 0 radical (unpaired) electrons. The topological polar surface area (TPSA) is 59.6 Å². The number of fused-ring (bicyclic) bond motifs is 1. The first kappa shape index (κ1) is 19.2. The number of anilines is 1. The zero-order chi connectivity index (χ0) is 19.4. The summed E-state index contributed by atoms with van der Waals surface area (Å²) in [5.41, 5.74) is 0.138. The second kappa shape index (κ2) is 7.99. The fraction of sp³-hybridized carbons (Fsp3) is 0.278. The van der Waals surface area contributed by atoms with Crippen molar-refractivity contribution in [2.24, 2.45) is 0 Å². The van der Waals surface area contributed by atoms with E-state index in [1.807, 2.05) is 6.26 Å². The van der Waals surface area contributed by atoms with Crippen molar-refractivity contribution in [3.8, 4) is 11.5 Å². The minimum atomic E-state index is -4.42. The van der Waals surface area contributed by atoms with Gasteiger partial charge in [0.05, 0.1) is 11.3 Å². The molecule has 2 aromatic carbocycles. The number of amides is 2. The lowest BCUT2D eigenvalue weighted by Gasteiger charge is -2.21. The van der Waals surface area contributed by atoms with Gasteiger partial charge in [0.1, 0.15) is 13.2 Å². The van der Waals surface area contributed by atoms with E-state index in [4.69, 9.17) is 9.47 Å². The average molecular weight is 398 g/mol. The number of hydrogen-bond acceptors (Lipinski definition) is 4. The molecule has 0 aliphatic carbocycles. The Hall–Kier alpha value is -2.55. The van der Waals surface area contributed by atoms with Crippen LogP contribution >= 0.6 is 11.8 Å². The van der Waals surface area contributed by atoms with Crippen molar-refractivity contribution >= 4 is 23.5 Å². The summed E-state index contributed by atoms with van der Waals surface area (Å²) in [7, 11) is 0. The van der Waals surface area contributed by atoms with Crippen molar-refractivity contribution in [1.82, 2.24) is 5.32 Å². The van der Waals surface area contributed by atoms with E-state index in [1.54, 1.807) is 12.1 Å². The van der Waals surface area contributed by atoms with Crippen LogP contribution in [-0.4, -0.2) is 25.5 Å². The van der Waals surface area contributed by atoms with Gasteiger partial charge in [-0.15, -0.1) is 11.8 Å². The summed E-state index contributed by atoms with van der Waals surface area (Å²) in [6.07, 6.45) is -2.56. The Balaban J connectivity index is 1.66. The number of nitrogens with one attached hydrogen (secondary N) is 2. The molecule has 5 nitrogen and oxygen atoms in total. The fourth-order valence-electron chi connectivity index (χ4n) is 2.54. The molecule has 1 aliphatic heterocycles. The summed E-state index contributed by atoms with van der Waals surface area (Å²) in [5.74, 6) is 1.15. The summed E-state index contributed by atoms with van der Waals surface area (Å²) in [6, 6.07) is 7.75. The molecule has 0 bridgehead atoms. The number of urea groups is 1. The number of ether oxygens (including phenoxy) is 2. The normalized spacial score (nSPS) is 13.2. The van der Waals surface area contributed by atoms with Gasteiger partial charge in [-0.1, -0.05) is 12.1 Å². The zero-order valence-corrected chi connectivity index (χ0v) is 15.2. The highest BCUT2D eigenvalue weighted by molar-refractivity contribution is 7.98. The maximum Gasteiger partial charge on any atom is 0.416 e. The second-order valence-corrected chi connectivity index (χ2v) is 6.55. The van der Waals surface area contributed by atoms with Gasteiger partial charge >= 0.3 is 12.2 Å². The number of hydrogen-bond donors (Lipinski definition) is 2. The molecule has 0 atom stereocenters. The van der Waals surface area contributed by atoms with E-state index < -0.39 is 17.8 Å². The number of carbonyl (C=O) groups is 1. The van der Waals surface area contributed by atoms with Crippen LogP contribution < -0.4 is 20.1 Å². The molecule has 2 aromatic rings. The van der Waals surface area contributed by atoms with Gasteiger partial charge in [0, 0.05) is 17.5 Å². The molecule has 0 spiro atoms. The Labute approximate surface area is 158 Å². The SMILES string of the molecule is CSc1cc2c(cc1NC(=O)NCc1cccc(C(F)(F)F)c1)OCCO2. The van der Waals surface area contributed by atoms with Gasteiger partial charge < -0.3 is 20.1 Å². The molecule has 0 unspecified atom stereocenters. The van der Waals surface area contributed by atoms with Crippen molar-refractivity contribution in [2.45, 2.75) is 17.6 Å². The number of halogens is 3. The van der Waals surface area contributed by atoms with Crippen molar-refractivity contribution in [2.75, 3.05) is 24.8 Å². The van der Waals surface area contributed by atoms with E-state index in [1.165, 1.54) is 23.9 Å². The van der Waals surface area contributed by atoms with E-state index in [-0.39, 0.29) is 6.54 Å². The largest absolute Gasteiger partial charge is 0.486 e. The minimum Gasteiger partial charge on any atom is -0.486 e. The predicted molar refractivity (Wildman–Crippen MR) is 96.5 cm³/mol. The summed E-state index contributed by atoms with van der Waals surface area (Å²) >= 11 is 1.43. The first-order chi connectivity index (χ1) is 12.9. The quantitative estimate of drug-likeness (QED) is 0.744. The van der Waals surface area contributed by atoms with E-state index in [9.17, 15) is 18.0 Å². The molecular formula is C18H17F3N2O3S. The molecule has 1 heterocycles. The van der Waals surface area contributed by atoms with Crippen LogP contribution in [0.3, 0.4) is 0 Å². The maximum atomic E-state index is 12.8. The number of carbonyl (C=O) groups excluding carboxylic acids is 1. The summed E-state index contributed by atoms with van der Waals surface area (Å²) in [6.45, 7) is 0.854. The van der Waals surface area contributed by atoms with Gasteiger partial charge in [-0.05, 0) is 30.0 Å². The lowest BCUT2D eigenvalue weighted by atomic mass is 10.1. The van der Waals surface area contributed by atoms with Crippen LogP contribution in [0, 0.1) is 0 Å². The molecule has 0 aromatic heterocycles. The molecule has 3 rings (SSSR count). The number of benzene rings is 2. The Kier molecular flexibility index (Phi) is 5.69. The molecule has 0 fully saturated rings. The highest BCUT2D eigenvalue weighted by Gasteiger charge is 2.30. The Morgan fingerprint density at radius 1 is 1.15 bits per heavy atom. The minimum absolute atomic E-state index is 0.0328. The highest BCUT2D eigenvalue weighted by atomic mass is 32.2. The monoisotopic (exact) mass is 398 g/mol. The Bertz CT molecular complexity index is 843. The maximum absolute atomic E-state index is 12.8. The lowest BCUT2D eigenvalue weighted by Crippen LogP contribution is -2.28. The van der Waals surface area contributed by atoms with Gasteiger partial charge in [0.25, 0.3) is 0 Å². The van der Waals surface area contributed by atoms with Crippen molar-refractivity contribution in [1.29, 1.82) is 0 Å². The predicted octanol–water partition coefficient (Wildman–Crippen LogP) is 4.52. The van der Waals surface area contributed by atoms with Crippen LogP contribution in [0.25, 0.3) is 0 Å². The summed E-state index contributed by atoms with van der Waals surface area (Å²) in [4.78, 5) is 13.0. The third-order valence-corrected chi connectivity index (χ3v) is 4.60. The summed E-state index contributed by atoms with van der Waals surface area (Å²) < 4.78 is 49.3. The van der Waals surface area contributed by atoms with Crippen LogP contribution in [0.15, 0.2) is 41.3 Å². The van der Waals surface area contributed by atoms with Gasteiger partial charge in [0.2, 0.25) is 0 Å². The number of rotatable bonds is 4. The summed E-state index contributed by atoms with van der Waals surface area (Å²) in [5, 5.41) is 5.26. The van der Waals surface area contributed by atoms with Crippen LogP contribution in [0.1, 0.15) is 11.1 Å². The first-order valence-corrected chi connectivity index (χ1v) is 9.28. The third-order valence-electron chi connectivity index (χ3n) is 3.82. The second-order valence-electron chi connectivity index (χ2n) is 5.70. The Morgan fingerprint density at radius 2 is 1.85 bits per heavy atom. The van der Waals surface area contributed by atoms with Crippen LogP contribution in [0.4, 0.5) is 23.7 Å². The first-order valence-electron chi connectivity index (χ1n) is 8.05. The highest BCUT2D eigenvalue weighted by Crippen LogP contribution is 2.39. The van der Waals surface area contributed by atoms with Gasteiger partial charge in [-0.25, -0.2) is 4.79 Å². The standard InChI is InChI=1S/C18H17F3N2O3S/c1-27-16-9-15-14(25-5-6-26-15)8-13(16)23-17(24)22-10-11-3-2-4-12(7-11)18(19,20)21/h2-4,7-9H,5-6,10H2,1H3,(H2,22,23,24). The molecule has 2 amide bonds. The molecule has 9 heteroatoms. The van der Waals surface area contributed by atoms with Crippen LogP contribution in [0.5, 0.6) is 11.5 Å². The van der Waals surface area contributed by atoms with Crippen molar-refractivity contribution < 1.29 is 27.4 Å². The fourth-order valence-corrected chi connectivity index (χ4v) is 3.10. The zero-order valence-electron chi connectivity index (χ0n) is 14.4. The molecule has 27 heavy (non-hydrogen) atoms. The van der Waals surface area contributed by atoms with E-state index in [2.05, 4.69) is 10.6 Å². The Morgan fingerprint density at radius 3 is 2.52 bits per heavy atom. The van der Waals surface area contributed by atoms with E-state index in [0.29, 0.717) is 36.0 Å². The molecular weight excluding hydrogens is 381 g/mol. The smallest absolute Gasteiger partial charge is 0.416 e. The van der Waals surface area contributed by atoms with Gasteiger partial charge in [-0.2, -0.15) is 13.2 Å². The molecule has 0 saturated heterocycles. The van der Waals surface area contributed by atoms with Crippen LogP contribution in [-0.2, 0) is 12.7 Å². The molecule has 2 N–H and O–H groups in total. The molecule has 144 valence electrons. The van der Waals surface area contributed by atoms with Crippen molar-refractivity contribution in [3.05, 3.63) is 47.5 Å². The van der Waals surface area contributed by atoms with Crippen LogP contribution in [0.2, 0.25) is 0 Å². The lowest BCUT2D eigenvalue weighted by molar-refractivity contribution is -0.137. The third kappa shape index (κ3) is 4.79. The average Bonchev–Trinajstić information content (AvgIpc) is 2.65. The molecule has 1 aliphatic rings. The van der Waals surface area contributed by atoms with E-state index >= 15 is 0 Å². The molecule has 0 saturated carbocycles. The van der Waals surface area contributed by atoms with Gasteiger partial charge in [-0.3, -0.25) is 0 Å². The van der Waals surface area contributed by atoms with Crippen molar-refractivity contribution in [3.63, 3.8) is 0 Å².